The molecule has 2 heterocycles. The molecule has 0 atom stereocenters. The van der Waals surface area contributed by atoms with Crippen molar-refractivity contribution in [3.63, 3.8) is 0 Å². The zero-order valence-electron chi connectivity index (χ0n) is 25.9. The highest BCUT2D eigenvalue weighted by Crippen LogP contribution is 2.51. The van der Waals surface area contributed by atoms with Gasteiger partial charge in [-0.05, 0) is 76.9 Å². The first-order valence-electron chi connectivity index (χ1n) is 15.8. The molecule has 6 aromatic carbocycles. The van der Waals surface area contributed by atoms with E-state index in [4.69, 9.17) is 15.0 Å². The van der Waals surface area contributed by atoms with Gasteiger partial charge in [0.2, 0.25) is 0 Å². The molecule has 0 unspecified atom stereocenters. The van der Waals surface area contributed by atoms with Crippen molar-refractivity contribution in [2.24, 2.45) is 0 Å². The van der Waals surface area contributed by atoms with Crippen molar-refractivity contribution in [1.82, 2.24) is 19.5 Å². The van der Waals surface area contributed by atoms with Crippen molar-refractivity contribution >= 4 is 37.7 Å². The molecule has 1 aliphatic carbocycles. The Morgan fingerprint density at radius 1 is 0.489 bits per heavy atom. The van der Waals surface area contributed by atoms with Gasteiger partial charge in [0.25, 0.3) is 0 Å². The number of hydrogen-bond acceptors (Lipinski definition) is 3. The average Bonchev–Trinajstić information content (AvgIpc) is 3.55. The van der Waals surface area contributed by atoms with Crippen LogP contribution in [0.3, 0.4) is 0 Å². The molecule has 0 bridgehead atoms. The van der Waals surface area contributed by atoms with Crippen LogP contribution in [0.5, 0.6) is 0 Å². The maximum atomic E-state index is 4.94. The molecule has 5 heteroatoms. The second-order valence-electron chi connectivity index (χ2n) is 12.7. The van der Waals surface area contributed by atoms with E-state index in [9.17, 15) is 0 Å². The van der Waals surface area contributed by atoms with Gasteiger partial charge in [-0.3, -0.25) is 0 Å². The van der Waals surface area contributed by atoms with E-state index < -0.39 is 0 Å². The first-order chi connectivity index (χ1) is 23.0. The molecule has 4 nitrogen and oxygen atoms in total. The van der Waals surface area contributed by atoms with Crippen LogP contribution in [-0.2, 0) is 5.41 Å². The standard InChI is InChI=1S/C42H29BrN4/c1-42(2)35-16-10-9-15-31(35)32-24-34-33-23-29(43)19-22-37(33)47(38(34)25-36(32)42)30-20-17-28(18-21-30)41-45-39(26-11-5-3-6-12-26)44-40(46-41)27-13-7-4-8-14-27/h3-25H,1-2H3. The van der Waals surface area contributed by atoms with Crippen molar-refractivity contribution < 1.29 is 0 Å². The summed E-state index contributed by atoms with van der Waals surface area (Å²) in [5.41, 5.74) is 11.6. The highest BCUT2D eigenvalue weighted by molar-refractivity contribution is 9.10. The van der Waals surface area contributed by atoms with Crippen LogP contribution in [0.4, 0.5) is 0 Å². The van der Waals surface area contributed by atoms with E-state index in [0.717, 1.165) is 26.9 Å². The van der Waals surface area contributed by atoms with Crippen molar-refractivity contribution in [1.29, 1.82) is 0 Å². The Bertz CT molecular complexity index is 2420. The summed E-state index contributed by atoms with van der Waals surface area (Å²) in [6.07, 6.45) is 0. The van der Waals surface area contributed by atoms with Crippen LogP contribution in [0.15, 0.2) is 144 Å². The van der Waals surface area contributed by atoms with E-state index in [-0.39, 0.29) is 5.41 Å². The molecule has 0 saturated heterocycles. The first-order valence-corrected chi connectivity index (χ1v) is 16.6. The van der Waals surface area contributed by atoms with E-state index in [1.54, 1.807) is 0 Å². The first kappa shape index (κ1) is 27.9. The minimum Gasteiger partial charge on any atom is -0.309 e. The molecule has 0 N–H and O–H groups in total. The highest BCUT2D eigenvalue weighted by Gasteiger charge is 2.36. The molecule has 224 valence electrons. The largest absolute Gasteiger partial charge is 0.309 e. The minimum atomic E-state index is -0.0859. The van der Waals surface area contributed by atoms with E-state index in [1.165, 1.54) is 44.1 Å². The van der Waals surface area contributed by atoms with E-state index in [0.29, 0.717) is 17.5 Å². The Balaban J connectivity index is 1.21. The van der Waals surface area contributed by atoms with E-state index in [1.807, 2.05) is 60.7 Å². The zero-order chi connectivity index (χ0) is 31.7. The number of halogens is 1. The lowest BCUT2D eigenvalue weighted by Gasteiger charge is -2.21. The van der Waals surface area contributed by atoms with Gasteiger partial charge in [-0.2, -0.15) is 0 Å². The van der Waals surface area contributed by atoms with Gasteiger partial charge in [0.1, 0.15) is 0 Å². The fourth-order valence-corrected chi connectivity index (χ4v) is 7.52. The van der Waals surface area contributed by atoms with Gasteiger partial charge in [-0.25, -0.2) is 15.0 Å². The van der Waals surface area contributed by atoms with Gasteiger partial charge < -0.3 is 4.57 Å². The summed E-state index contributed by atoms with van der Waals surface area (Å²) in [5, 5.41) is 2.47. The lowest BCUT2D eigenvalue weighted by atomic mass is 9.82. The molecule has 0 aliphatic heterocycles. The topological polar surface area (TPSA) is 43.6 Å². The molecule has 47 heavy (non-hydrogen) atoms. The fraction of sp³-hybridized carbons (Fsp3) is 0.0714. The molecule has 9 rings (SSSR count). The fourth-order valence-electron chi connectivity index (χ4n) is 7.16. The number of hydrogen-bond donors (Lipinski definition) is 0. The van der Waals surface area contributed by atoms with E-state index >= 15 is 0 Å². The summed E-state index contributed by atoms with van der Waals surface area (Å²) in [4.78, 5) is 14.7. The number of nitrogens with zero attached hydrogens (tertiary/aromatic N) is 4. The third-order valence-corrected chi connectivity index (χ3v) is 10.0. The average molecular weight is 670 g/mol. The Labute approximate surface area is 281 Å². The lowest BCUT2D eigenvalue weighted by molar-refractivity contribution is 0.661. The van der Waals surface area contributed by atoms with Crippen LogP contribution in [-0.4, -0.2) is 19.5 Å². The summed E-state index contributed by atoms with van der Waals surface area (Å²) in [7, 11) is 0. The zero-order valence-corrected chi connectivity index (χ0v) is 27.5. The van der Waals surface area contributed by atoms with Crippen LogP contribution in [0.25, 0.3) is 72.8 Å². The highest BCUT2D eigenvalue weighted by atomic mass is 79.9. The molecule has 0 saturated carbocycles. The van der Waals surface area contributed by atoms with Gasteiger partial charge >= 0.3 is 0 Å². The number of fused-ring (bicyclic) bond motifs is 6. The molecule has 0 fully saturated rings. The Morgan fingerprint density at radius 2 is 1.04 bits per heavy atom. The Hall–Kier alpha value is -5.39. The second-order valence-corrected chi connectivity index (χ2v) is 13.6. The van der Waals surface area contributed by atoms with Crippen LogP contribution in [0.1, 0.15) is 25.0 Å². The van der Waals surface area contributed by atoms with Crippen molar-refractivity contribution in [3.05, 3.63) is 155 Å². The summed E-state index contributed by atoms with van der Waals surface area (Å²) in [6, 6.07) is 49.0. The lowest BCUT2D eigenvalue weighted by Crippen LogP contribution is -2.14. The summed E-state index contributed by atoms with van der Waals surface area (Å²) < 4.78 is 3.46. The van der Waals surface area contributed by atoms with Gasteiger partial charge in [-0.15, -0.1) is 0 Å². The molecule has 1 aliphatic rings. The maximum absolute atomic E-state index is 4.94. The van der Waals surface area contributed by atoms with Crippen LogP contribution < -0.4 is 0 Å². The SMILES string of the molecule is CC1(C)c2ccccc2-c2cc3c4cc(Br)ccc4n(-c4ccc(-c5nc(-c6ccccc6)nc(-c6ccccc6)n5)cc4)c3cc21. The van der Waals surface area contributed by atoms with Crippen LogP contribution in [0, 0.1) is 0 Å². The quantitative estimate of drug-likeness (QED) is 0.187. The summed E-state index contributed by atoms with van der Waals surface area (Å²) in [5.74, 6) is 1.96. The molecule has 0 spiro atoms. The Kier molecular flexibility index (Phi) is 6.28. The summed E-state index contributed by atoms with van der Waals surface area (Å²) >= 11 is 3.74. The van der Waals surface area contributed by atoms with Crippen LogP contribution >= 0.6 is 15.9 Å². The number of benzene rings is 6. The summed E-state index contributed by atoms with van der Waals surface area (Å²) in [6.45, 7) is 4.67. The molecular weight excluding hydrogens is 640 g/mol. The van der Waals surface area contributed by atoms with Gasteiger partial charge in [0.05, 0.1) is 11.0 Å². The van der Waals surface area contributed by atoms with Gasteiger partial charge in [-0.1, -0.05) is 115 Å². The van der Waals surface area contributed by atoms with Crippen LogP contribution in [0.2, 0.25) is 0 Å². The third kappa shape index (κ3) is 4.45. The smallest absolute Gasteiger partial charge is 0.164 e. The van der Waals surface area contributed by atoms with Gasteiger partial charge in [0.15, 0.2) is 17.5 Å². The van der Waals surface area contributed by atoms with E-state index in [2.05, 4.69) is 113 Å². The Morgan fingerprint density at radius 3 is 1.68 bits per heavy atom. The molecular formula is C42H29BrN4. The normalized spacial score (nSPS) is 13.2. The molecule has 0 amide bonds. The minimum absolute atomic E-state index is 0.0859. The number of rotatable bonds is 4. The van der Waals surface area contributed by atoms with Crippen molar-refractivity contribution in [2.75, 3.05) is 0 Å². The predicted octanol–water partition coefficient (Wildman–Crippen LogP) is 11.0. The maximum Gasteiger partial charge on any atom is 0.164 e. The number of aromatic nitrogens is 4. The molecule has 8 aromatic rings. The van der Waals surface area contributed by atoms with Crippen molar-refractivity contribution in [3.8, 4) is 51.0 Å². The monoisotopic (exact) mass is 668 g/mol. The predicted molar refractivity (Wildman–Crippen MR) is 196 cm³/mol. The van der Waals surface area contributed by atoms with Gasteiger partial charge in [0, 0.05) is 43.0 Å². The molecule has 2 aromatic heterocycles. The molecule has 0 radical (unpaired) electrons. The van der Waals surface area contributed by atoms with Crippen molar-refractivity contribution in [2.45, 2.75) is 19.3 Å². The second kappa shape index (κ2) is 10.6. The third-order valence-electron chi connectivity index (χ3n) is 9.51.